The molecule has 6 fully saturated rings. The van der Waals surface area contributed by atoms with E-state index >= 15 is 0 Å². The molecule has 1 heterocycles. The molecule has 3 heteroatoms. The van der Waals surface area contributed by atoms with E-state index in [1.54, 1.807) is 0 Å². The summed E-state index contributed by atoms with van der Waals surface area (Å²) in [6.45, 7) is 13.8. The predicted molar refractivity (Wildman–Crippen MR) is 127 cm³/mol. The highest BCUT2D eigenvalue weighted by molar-refractivity contribution is 5.29. The van der Waals surface area contributed by atoms with E-state index in [-0.39, 0.29) is 29.1 Å². The fourth-order valence-corrected chi connectivity index (χ4v) is 11.1. The summed E-state index contributed by atoms with van der Waals surface area (Å²) in [5.41, 5.74) is 1.48. The van der Waals surface area contributed by atoms with E-state index < -0.39 is 0 Å². The van der Waals surface area contributed by atoms with E-state index in [0.717, 1.165) is 24.7 Å². The third-order valence-electron chi connectivity index (χ3n) is 12.8. The van der Waals surface area contributed by atoms with Crippen molar-refractivity contribution in [2.24, 2.45) is 50.7 Å². The molecule has 11 unspecified atom stereocenters. The maximum Gasteiger partial charge on any atom is 0.0850 e. The van der Waals surface area contributed by atoms with E-state index in [0.29, 0.717) is 34.2 Å². The second-order valence-electron chi connectivity index (χ2n) is 15.2. The predicted octanol–water partition coefficient (Wildman–Crippen LogP) is 5.96. The van der Waals surface area contributed by atoms with Crippen LogP contribution >= 0.6 is 0 Å². The number of fused-ring (bicyclic) bond motifs is 4. The first-order valence-corrected chi connectivity index (χ1v) is 13.9. The van der Waals surface area contributed by atoms with E-state index in [4.69, 9.17) is 4.74 Å². The molecule has 1 aliphatic heterocycles. The van der Waals surface area contributed by atoms with Crippen molar-refractivity contribution in [2.75, 3.05) is 0 Å². The Morgan fingerprint density at radius 2 is 1.56 bits per heavy atom. The lowest BCUT2D eigenvalue weighted by Gasteiger charge is -2.59. The smallest absolute Gasteiger partial charge is 0.0850 e. The molecule has 6 aliphatic rings. The summed E-state index contributed by atoms with van der Waals surface area (Å²) in [7, 11) is 0. The number of hydrogen-bond donors (Lipinski definition) is 2. The van der Waals surface area contributed by atoms with Gasteiger partial charge in [-0.2, -0.15) is 0 Å². The Balaban J connectivity index is 1.26. The molecular weight excluding hydrogens is 396 g/mol. The zero-order chi connectivity index (χ0) is 22.9. The molecule has 1 saturated heterocycles. The number of aliphatic hydroxyl groups excluding tert-OH is 2. The first kappa shape index (κ1) is 22.4. The molecule has 0 amide bonds. The Kier molecular flexibility index (Phi) is 4.57. The van der Waals surface area contributed by atoms with Gasteiger partial charge in [-0.3, -0.25) is 0 Å². The number of ether oxygens (including phenoxy) is 1. The molecule has 6 rings (SSSR count). The van der Waals surface area contributed by atoms with Crippen LogP contribution in [0, 0.1) is 50.7 Å². The Morgan fingerprint density at radius 3 is 2.28 bits per heavy atom. The van der Waals surface area contributed by atoms with Crippen molar-refractivity contribution in [3.8, 4) is 0 Å². The van der Waals surface area contributed by atoms with Crippen LogP contribution in [-0.4, -0.2) is 34.6 Å². The van der Waals surface area contributed by atoms with Crippen LogP contribution in [-0.2, 0) is 4.74 Å². The minimum Gasteiger partial charge on any atom is -0.393 e. The van der Waals surface area contributed by atoms with Crippen LogP contribution in [0.2, 0.25) is 0 Å². The van der Waals surface area contributed by atoms with Gasteiger partial charge in [-0.1, -0.05) is 41.5 Å². The Labute approximate surface area is 196 Å². The van der Waals surface area contributed by atoms with Crippen molar-refractivity contribution in [1.82, 2.24) is 0 Å². The normalized spacial score (nSPS) is 56.8. The standard InChI is InChI=1S/C29H48O3/c1-25(2,3)24(31)20-9-7-18-21(32-20)15-19-17-8-10-22-26(4,5)23(30)11-12-29(22)16-28(17,29)14-13-27(18,19)6/h17-24,30-31H,7-16H2,1-6H3. The second-order valence-corrected chi connectivity index (χ2v) is 15.2. The van der Waals surface area contributed by atoms with Gasteiger partial charge in [0.05, 0.1) is 24.4 Å². The fourth-order valence-electron chi connectivity index (χ4n) is 11.1. The summed E-state index contributed by atoms with van der Waals surface area (Å²) >= 11 is 0. The summed E-state index contributed by atoms with van der Waals surface area (Å²) in [5, 5.41) is 21.8. The van der Waals surface area contributed by atoms with Crippen LogP contribution < -0.4 is 0 Å². The number of rotatable bonds is 1. The van der Waals surface area contributed by atoms with Crippen LogP contribution in [0.5, 0.6) is 0 Å². The average Bonchev–Trinajstić information content (AvgIpc) is 3.30. The zero-order valence-electron chi connectivity index (χ0n) is 21.5. The van der Waals surface area contributed by atoms with Crippen molar-refractivity contribution in [2.45, 2.75) is 130 Å². The van der Waals surface area contributed by atoms with Crippen LogP contribution in [0.4, 0.5) is 0 Å². The molecule has 0 aromatic rings. The van der Waals surface area contributed by atoms with Crippen molar-refractivity contribution < 1.29 is 14.9 Å². The molecule has 5 aliphatic carbocycles. The van der Waals surface area contributed by atoms with E-state index in [9.17, 15) is 10.2 Å². The minimum absolute atomic E-state index is 0.0117. The van der Waals surface area contributed by atoms with Crippen molar-refractivity contribution in [3.63, 3.8) is 0 Å². The van der Waals surface area contributed by atoms with Crippen LogP contribution in [0.15, 0.2) is 0 Å². The van der Waals surface area contributed by atoms with Crippen molar-refractivity contribution in [1.29, 1.82) is 0 Å². The topological polar surface area (TPSA) is 49.7 Å². The molecular formula is C29H48O3. The first-order chi connectivity index (χ1) is 14.9. The highest BCUT2D eigenvalue weighted by Gasteiger charge is 2.80. The molecule has 0 aromatic carbocycles. The van der Waals surface area contributed by atoms with Gasteiger partial charge in [0.15, 0.2) is 0 Å². The third kappa shape index (κ3) is 2.60. The highest BCUT2D eigenvalue weighted by atomic mass is 16.5. The lowest BCUT2D eigenvalue weighted by molar-refractivity contribution is -0.157. The van der Waals surface area contributed by atoms with Gasteiger partial charge in [-0.15, -0.1) is 0 Å². The quantitative estimate of drug-likeness (QED) is 0.524. The second kappa shape index (κ2) is 6.55. The lowest BCUT2D eigenvalue weighted by Crippen LogP contribution is -2.54. The Morgan fingerprint density at radius 1 is 0.844 bits per heavy atom. The van der Waals surface area contributed by atoms with Crippen LogP contribution in [0.1, 0.15) is 106 Å². The van der Waals surface area contributed by atoms with Crippen LogP contribution in [0.25, 0.3) is 0 Å². The van der Waals surface area contributed by atoms with Gasteiger partial charge in [0.1, 0.15) is 0 Å². The lowest BCUT2D eigenvalue weighted by atomic mass is 9.46. The summed E-state index contributed by atoms with van der Waals surface area (Å²) in [6.07, 6.45) is 12.6. The number of hydrogen-bond acceptors (Lipinski definition) is 3. The summed E-state index contributed by atoms with van der Waals surface area (Å²) < 4.78 is 6.75. The van der Waals surface area contributed by atoms with Gasteiger partial charge < -0.3 is 14.9 Å². The van der Waals surface area contributed by atoms with Gasteiger partial charge in [0.2, 0.25) is 0 Å². The molecule has 2 spiro atoms. The average molecular weight is 445 g/mol. The molecule has 2 N–H and O–H groups in total. The Bertz CT molecular complexity index is 784. The minimum atomic E-state index is -0.372. The molecule has 3 nitrogen and oxygen atoms in total. The fraction of sp³-hybridized carbons (Fsp3) is 1.00. The maximum atomic E-state index is 10.9. The molecule has 0 bridgehead atoms. The molecule has 5 saturated carbocycles. The van der Waals surface area contributed by atoms with Crippen molar-refractivity contribution >= 4 is 0 Å². The van der Waals surface area contributed by atoms with E-state index in [1.165, 1.54) is 51.4 Å². The first-order valence-electron chi connectivity index (χ1n) is 13.9. The summed E-state index contributed by atoms with van der Waals surface area (Å²) in [4.78, 5) is 0. The molecule has 0 radical (unpaired) electrons. The molecule has 182 valence electrons. The van der Waals surface area contributed by atoms with E-state index in [1.807, 2.05) is 0 Å². The van der Waals surface area contributed by atoms with Gasteiger partial charge in [-0.05, 0) is 115 Å². The Hall–Kier alpha value is -0.120. The molecule has 11 atom stereocenters. The molecule has 0 aromatic heterocycles. The van der Waals surface area contributed by atoms with Gasteiger partial charge >= 0.3 is 0 Å². The van der Waals surface area contributed by atoms with Crippen LogP contribution in [0.3, 0.4) is 0 Å². The highest BCUT2D eigenvalue weighted by Crippen LogP contribution is 2.87. The maximum absolute atomic E-state index is 10.9. The monoisotopic (exact) mass is 444 g/mol. The summed E-state index contributed by atoms with van der Waals surface area (Å²) in [6, 6.07) is 0. The largest absolute Gasteiger partial charge is 0.393 e. The van der Waals surface area contributed by atoms with Crippen molar-refractivity contribution in [3.05, 3.63) is 0 Å². The van der Waals surface area contributed by atoms with Gasteiger partial charge in [0.25, 0.3) is 0 Å². The number of aliphatic hydroxyl groups is 2. The zero-order valence-corrected chi connectivity index (χ0v) is 21.5. The third-order valence-corrected chi connectivity index (χ3v) is 12.8. The molecule has 32 heavy (non-hydrogen) atoms. The van der Waals surface area contributed by atoms with Gasteiger partial charge in [0, 0.05) is 0 Å². The van der Waals surface area contributed by atoms with Gasteiger partial charge in [-0.25, -0.2) is 0 Å². The summed E-state index contributed by atoms with van der Waals surface area (Å²) in [5.74, 6) is 3.06. The van der Waals surface area contributed by atoms with E-state index in [2.05, 4.69) is 41.5 Å². The SMILES string of the molecule is CC(C)(C)C(O)C1CCC2C(CC3C4CCC5C(C)(C)C(O)CCC56CC46CCC23C)O1.